The number of amides is 1. The molecule has 0 spiro atoms. The van der Waals surface area contributed by atoms with Crippen molar-refractivity contribution in [1.82, 2.24) is 4.98 Å². The van der Waals surface area contributed by atoms with Gasteiger partial charge >= 0.3 is 0 Å². The third-order valence-corrected chi connectivity index (χ3v) is 3.48. The van der Waals surface area contributed by atoms with Crippen LogP contribution in [0.1, 0.15) is 4.88 Å². The van der Waals surface area contributed by atoms with Gasteiger partial charge in [-0.05, 0) is 31.2 Å². The lowest BCUT2D eigenvalue weighted by molar-refractivity contribution is -0.114. The first kappa shape index (κ1) is 13.5. The molecule has 3 N–H and O–H groups in total. The molecule has 100 valence electrons. The normalized spacial score (nSPS) is 10.3. The molecular formula is C13H15N3O2S. The quantitative estimate of drug-likeness (QED) is 0.896. The highest BCUT2D eigenvalue weighted by Crippen LogP contribution is 2.31. The molecule has 5 nitrogen and oxygen atoms in total. The van der Waals surface area contributed by atoms with Crippen molar-refractivity contribution in [3.63, 3.8) is 0 Å². The van der Waals surface area contributed by atoms with Gasteiger partial charge in [0.25, 0.3) is 0 Å². The van der Waals surface area contributed by atoms with E-state index in [0.29, 0.717) is 5.13 Å². The zero-order valence-electron chi connectivity index (χ0n) is 10.8. The minimum absolute atomic E-state index is 0.0451. The van der Waals surface area contributed by atoms with E-state index in [2.05, 4.69) is 10.3 Å². The number of anilines is 1. The van der Waals surface area contributed by atoms with Crippen LogP contribution in [0.15, 0.2) is 24.3 Å². The summed E-state index contributed by atoms with van der Waals surface area (Å²) >= 11 is 1.43. The predicted octanol–water partition coefficient (Wildman–Crippen LogP) is 2.02. The molecule has 0 unspecified atom stereocenters. The Balaban J connectivity index is 2.26. The number of benzene rings is 1. The summed E-state index contributed by atoms with van der Waals surface area (Å²) in [6.07, 6.45) is 0. The Morgan fingerprint density at radius 2 is 2.11 bits per heavy atom. The van der Waals surface area contributed by atoms with Gasteiger partial charge in [0.05, 0.1) is 19.3 Å². The van der Waals surface area contributed by atoms with Gasteiger partial charge in [-0.1, -0.05) is 0 Å². The second-order valence-electron chi connectivity index (χ2n) is 3.90. The highest BCUT2D eigenvalue weighted by molar-refractivity contribution is 7.16. The Kier molecular flexibility index (Phi) is 4.13. The van der Waals surface area contributed by atoms with Gasteiger partial charge in [-0.25, -0.2) is 4.98 Å². The van der Waals surface area contributed by atoms with E-state index >= 15 is 0 Å². The van der Waals surface area contributed by atoms with E-state index in [9.17, 15) is 4.79 Å². The standard InChI is InChI=1S/C13H15N3O2S/c1-8-12(9-3-5-10(18-2)6-4-9)16-13(19-8)15-11(17)7-14/h3-6H,7,14H2,1-2H3,(H,15,16,17). The Labute approximate surface area is 115 Å². The fourth-order valence-corrected chi connectivity index (χ4v) is 2.49. The molecule has 0 bridgehead atoms. The summed E-state index contributed by atoms with van der Waals surface area (Å²) in [5.74, 6) is 0.559. The van der Waals surface area contributed by atoms with Gasteiger partial charge in [0.15, 0.2) is 5.13 Å². The second kappa shape index (κ2) is 5.81. The van der Waals surface area contributed by atoms with E-state index in [0.717, 1.165) is 21.9 Å². The van der Waals surface area contributed by atoms with E-state index in [1.807, 2.05) is 31.2 Å². The molecule has 19 heavy (non-hydrogen) atoms. The molecule has 1 heterocycles. The summed E-state index contributed by atoms with van der Waals surface area (Å²) in [6.45, 7) is 1.92. The number of rotatable bonds is 4. The molecule has 1 amide bonds. The number of nitrogens with zero attached hydrogens (tertiary/aromatic N) is 1. The van der Waals surface area contributed by atoms with Gasteiger partial charge in [0, 0.05) is 10.4 Å². The van der Waals surface area contributed by atoms with Crippen molar-refractivity contribution in [1.29, 1.82) is 0 Å². The van der Waals surface area contributed by atoms with Crippen LogP contribution in [0.3, 0.4) is 0 Å². The molecule has 0 fully saturated rings. The number of ether oxygens (including phenoxy) is 1. The van der Waals surface area contributed by atoms with E-state index in [4.69, 9.17) is 10.5 Å². The zero-order chi connectivity index (χ0) is 13.8. The van der Waals surface area contributed by atoms with Crippen LogP contribution < -0.4 is 15.8 Å². The molecule has 0 radical (unpaired) electrons. The smallest absolute Gasteiger partial charge is 0.239 e. The lowest BCUT2D eigenvalue weighted by atomic mass is 10.1. The number of carbonyl (C=O) groups excluding carboxylic acids is 1. The van der Waals surface area contributed by atoms with Gasteiger partial charge in [0.2, 0.25) is 5.91 Å². The van der Waals surface area contributed by atoms with E-state index in [1.54, 1.807) is 7.11 Å². The van der Waals surface area contributed by atoms with Gasteiger partial charge < -0.3 is 15.8 Å². The SMILES string of the molecule is COc1ccc(-c2nc(NC(=O)CN)sc2C)cc1. The van der Waals surface area contributed by atoms with Crippen LogP contribution in [0.5, 0.6) is 5.75 Å². The minimum atomic E-state index is -0.241. The van der Waals surface area contributed by atoms with Crippen LogP contribution in [0, 0.1) is 6.92 Å². The average molecular weight is 277 g/mol. The molecule has 0 aliphatic heterocycles. The highest BCUT2D eigenvalue weighted by atomic mass is 32.1. The van der Waals surface area contributed by atoms with E-state index < -0.39 is 0 Å². The Morgan fingerprint density at radius 1 is 1.42 bits per heavy atom. The van der Waals surface area contributed by atoms with Crippen molar-refractivity contribution in [3.05, 3.63) is 29.1 Å². The molecule has 6 heteroatoms. The van der Waals surface area contributed by atoms with Crippen molar-refractivity contribution in [2.75, 3.05) is 19.0 Å². The van der Waals surface area contributed by atoms with Crippen molar-refractivity contribution >= 4 is 22.4 Å². The molecule has 2 aromatic rings. The monoisotopic (exact) mass is 277 g/mol. The maximum absolute atomic E-state index is 11.2. The number of nitrogens with two attached hydrogens (primary N) is 1. The van der Waals surface area contributed by atoms with Crippen LogP contribution in [0.2, 0.25) is 0 Å². The largest absolute Gasteiger partial charge is 0.497 e. The lowest BCUT2D eigenvalue weighted by Gasteiger charge is -2.01. The molecular weight excluding hydrogens is 262 g/mol. The molecule has 0 saturated carbocycles. The Bertz CT molecular complexity index is 578. The molecule has 0 aliphatic rings. The molecule has 0 atom stereocenters. The number of methoxy groups -OCH3 is 1. The number of aryl methyl sites for hydroxylation is 1. The topological polar surface area (TPSA) is 77.2 Å². The summed E-state index contributed by atoms with van der Waals surface area (Å²) in [5.41, 5.74) is 7.11. The summed E-state index contributed by atoms with van der Waals surface area (Å²) in [6, 6.07) is 7.64. The van der Waals surface area contributed by atoms with Gasteiger partial charge in [-0.3, -0.25) is 4.79 Å². The Morgan fingerprint density at radius 3 is 2.68 bits per heavy atom. The van der Waals surface area contributed by atoms with Crippen LogP contribution in [0.4, 0.5) is 5.13 Å². The van der Waals surface area contributed by atoms with Crippen molar-refractivity contribution in [2.45, 2.75) is 6.92 Å². The zero-order valence-corrected chi connectivity index (χ0v) is 11.6. The fraction of sp³-hybridized carbons (Fsp3) is 0.231. The summed E-state index contributed by atoms with van der Waals surface area (Å²) in [5, 5.41) is 3.23. The minimum Gasteiger partial charge on any atom is -0.497 e. The summed E-state index contributed by atoms with van der Waals surface area (Å²) in [7, 11) is 1.63. The first-order chi connectivity index (χ1) is 9.13. The second-order valence-corrected chi connectivity index (χ2v) is 5.11. The van der Waals surface area contributed by atoms with Crippen LogP contribution in [-0.2, 0) is 4.79 Å². The maximum atomic E-state index is 11.2. The number of thiazole rings is 1. The van der Waals surface area contributed by atoms with Crippen molar-refractivity contribution in [2.24, 2.45) is 5.73 Å². The Hall–Kier alpha value is -1.92. The van der Waals surface area contributed by atoms with Crippen LogP contribution >= 0.6 is 11.3 Å². The fourth-order valence-electron chi connectivity index (χ4n) is 1.64. The molecule has 1 aromatic heterocycles. The third-order valence-electron chi connectivity index (χ3n) is 2.59. The molecule has 0 saturated heterocycles. The third kappa shape index (κ3) is 3.10. The summed E-state index contributed by atoms with van der Waals surface area (Å²) in [4.78, 5) is 16.7. The predicted molar refractivity (Wildman–Crippen MR) is 76.5 cm³/mol. The number of hydrogen-bond donors (Lipinski definition) is 2. The van der Waals surface area contributed by atoms with Gasteiger partial charge in [-0.15, -0.1) is 11.3 Å². The number of carbonyl (C=O) groups is 1. The van der Waals surface area contributed by atoms with Gasteiger partial charge in [0.1, 0.15) is 5.75 Å². The molecule has 1 aromatic carbocycles. The average Bonchev–Trinajstić information content (AvgIpc) is 2.79. The number of aromatic nitrogens is 1. The van der Waals surface area contributed by atoms with Gasteiger partial charge in [-0.2, -0.15) is 0 Å². The first-order valence-electron chi connectivity index (χ1n) is 5.76. The summed E-state index contributed by atoms with van der Waals surface area (Å²) < 4.78 is 5.12. The number of hydrogen-bond acceptors (Lipinski definition) is 5. The van der Waals surface area contributed by atoms with Crippen LogP contribution in [-0.4, -0.2) is 24.5 Å². The van der Waals surface area contributed by atoms with E-state index in [-0.39, 0.29) is 12.5 Å². The number of nitrogens with one attached hydrogen (secondary N) is 1. The van der Waals surface area contributed by atoms with Crippen LogP contribution in [0.25, 0.3) is 11.3 Å². The lowest BCUT2D eigenvalue weighted by Crippen LogP contribution is -2.21. The highest BCUT2D eigenvalue weighted by Gasteiger charge is 2.11. The first-order valence-corrected chi connectivity index (χ1v) is 6.57. The van der Waals surface area contributed by atoms with E-state index in [1.165, 1.54) is 11.3 Å². The van der Waals surface area contributed by atoms with Crippen molar-refractivity contribution in [3.8, 4) is 17.0 Å². The maximum Gasteiger partial charge on any atom is 0.239 e. The molecule has 0 aliphatic carbocycles. The molecule has 2 rings (SSSR count). The van der Waals surface area contributed by atoms with Crippen molar-refractivity contribution < 1.29 is 9.53 Å².